The maximum absolute atomic E-state index is 8.52. The predicted molar refractivity (Wildman–Crippen MR) is 0 cm³/mol. The molecule has 0 spiro atoms. The first-order valence-electron chi connectivity index (χ1n) is 0.463. The van der Waals surface area contributed by atoms with E-state index in [9.17, 15) is 0 Å². The van der Waals surface area contributed by atoms with E-state index in [0.717, 1.165) is 0 Å². The Balaban J connectivity index is 0. The molecule has 5 heteroatoms. The van der Waals surface area contributed by atoms with Gasteiger partial charge in [-0.2, -0.15) is 0 Å². The molecule has 0 saturated carbocycles. The number of hydrogen-bond donors (Lipinski definition) is 0. The zero-order valence-corrected chi connectivity index (χ0v) is 4.49. The molecule has 0 atom stereocenters. The summed E-state index contributed by atoms with van der Waals surface area (Å²) in [6.07, 6.45) is 0. The molecule has 0 saturated heterocycles. The van der Waals surface area contributed by atoms with Crippen LogP contribution in [0.3, 0.4) is 0 Å². The Kier molecular flexibility index (Phi) is 9.01. The molecule has 0 amide bonds. The Morgan fingerprint density at radius 1 is 1.00 bits per heavy atom. The van der Waals surface area contributed by atoms with Crippen LogP contribution in [0.4, 0.5) is 0 Å². The van der Waals surface area contributed by atoms with E-state index in [0.29, 0.717) is 0 Å². The molecule has 0 aromatic carbocycles. The van der Waals surface area contributed by atoms with Crippen LogP contribution in [-0.2, 0) is 16.5 Å². The molecule has 0 radical (unpaired) electrons. The Morgan fingerprint density at radius 2 is 1.00 bits per heavy atom. The molecule has 5 heavy (non-hydrogen) atoms. The zero-order valence-electron chi connectivity index (χ0n) is 1.92. The van der Waals surface area contributed by atoms with Gasteiger partial charge in [-0.1, -0.05) is 0 Å². The maximum Gasteiger partial charge on any atom is 2.00 e. The summed E-state index contributed by atoms with van der Waals surface area (Å²) in [6, 6.07) is 0. The second-order valence-electron chi connectivity index (χ2n) is 0.189. The Labute approximate surface area is 44.4 Å². The van der Waals surface area contributed by atoms with Gasteiger partial charge in [-0.3, -0.25) is 0 Å². The summed E-state index contributed by atoms with van der Waals surface area (Å²) < 4.78 is 25.6. The van der Waals surface area contributed by atoms with Crippen LogP contribution in [0.25, 0.3) is 0 Å². The van der Waals surface area contributed by atoms with Crippen LogP contribution in [0.2, 0.25) is 0 Å². The van der Waals surface area contributed by atoms with Gasteiger partial charge in [0, 0.05) is 0 Å². The van der Waals surface area contributed by atoms with Gasteiger partial charge in [-0.15, -0.1) is 0 Å². The van der Waals surface area contributed by atoms with Crippen molar-refractivity contribution in [2.75, 3.05) is 0 Å². The SMILES string of the molecule is [Ni+2].[O-][Br+2]([O-])[O-]. The van der Waals surface area contributed by atoms with Gasteiger partial charge in [-0.25, -0.2) is 0 Å². The molecule has 34 valence electrons. The largest absolute Gasteiger partial charge is 2.00 e. The van der Waals surface area contributed by atoms with Crippen molar-refractivity contribution in [1.29, 1.82) is 0 Å². The van der Waals surface area contributed by atoms with Crippen LogP contribution in [0, 0.1) is 14.8 Å². The minimum absolute atomic E-state index is 0. The maximum atomic E-state index is 8.52. The van der Waals surface area contributed by atoms with Crippen molar-refractivity contribution in [3.05, 3.63) is 0 Å². The van der Waals surface area contributed by atoms with E-state index in [4.69, 9.17) is 12.6 Å². The first kappa shape index (κ1) is 9.29. The fourth-order valence-electron chi connectivity index (χ4n) is 0. The quantitative estimate of drug-likeness (QED) is 0.368. The average Bonchev–Trinajstić information content (AvgIpc) is 0.811. The first-order valence-corrected chi connectivity index (χ1v) is 2.41. The third-order valence-corrected chi connectivity index (χ3v) is 0. The normalized spacial score (nSPS) is 7.20. The van der Waals surface area contributed by atoms with Crippen LogP contribution in [-0.4, -0.2) is 0 Å². The van der Waals surface area contributed by atoms with Gasteiger partial charge >= 0.3 is 16.5 Å². The van der Waals surface area contributed by atoms with E-state index in [1.807, 2.05) is 0 Å². The van der Waals surface area contributed by atoms with Crippen molar-refractivity contribution in [2.45, 2.75) is 0 Å². The van der Waals surface area contributed by atoms with Crippen molar-refractivity contribution >= 4 is 0 Å². The Bertz CT molecular complexity index is 11.6. The topological polar surface area (TPSA) is 69.2 Å². The van der Waals surface area contributed by atoms with Crippen molar-refractivity contribution < 1.29 is 43.9 Å². The molecule has 0 N–H and O–H groups in total. The summed E-state index contributed by atoms with van der Waals surface area (Å²) in [6.45, 7) is 0. The third kappa shape index (κ3) is 54.2. The van der Waals surface area contributed by atoms with Crippen molar-refractivity contribution in [3.63, 3.8) is 0 Å². The van der Waals surface area contributed by atoms with E-state index in [1.165, 1.54) is 0 Å². The molecule has 0 aromatic heterocycles. The van der Waals surface area contributed by atoms with Gasteiger partial charge in [-0.05, 0) is 0 Å². The van der Waals surface area contributed by atoms with E-state index in [-0.39, 0.29) is 16.5 Å². The van der Waals surface area contributed by atoms with E-state index >= 15 is 0 Å². The summed E-state index contributed by atoms with van der Waals surface area (Å²) >= 11 is -3.65. The van der Waals surface area contributed by atoms with E-state index < -0.39 is 14.8 Å². The van der Waals surface area contributed by atoms with Crippen LogP contribution >= 0.6 is 0 Å². The molecular formula is BrNiO3+. The molecule has 0 rings (SSSR count). The third-order valence-electron chi connectivity index (χ3n) is 0. The first-order chi connectivity index (χ1) is 1.73. The molecule has 0 aliphatic rings. The van der Waals surface area contributed by atoms with Gasteiger partial charge in [0.25, 0.3) is 0 Å². The van der Waals surface area contributed by atoms with Gasteiger partial charge in [0.2, 0.25) is 14.8 Å². The number of rotatable bonds is 0. The second kappa shape index (κ2) is 4.85. The molecule has 0 unspecified atom stereocenters. The van der Waals surface area contributed by atoms with Crippen molar-refractivity contribution in [1.82, 2.24) is 0 Å². The summed E-state index contributed by atoms with van der Waals surface area (Å²) in [7, 11) is 0. The van der Waals surface area contributed by atoms with E-state index in [2.05, 4.69) is 0 Å². The molecule has 3 nitrogen and oxygen atoms in total. The second-order valence-corrected chi connectivity index (χ2v) is 0.982. The Morgan fingerprint density at radius 3 is 1.00 bits per heavy atom. The van der Waals surface area contributed by atoms with Crippen LogP contribution in [0.1, 0.15) is 0 Å². The smallest absolute Gasteiger partial charge is 0.405 e. The van der Waals surface area contributed by atoms with Gasteiger partial charge < -0.3 is 12.6 Å². The van der Waals surface area contributed by atoms with Crippen molar-refractivity contribution in [3.8, 4) is 0 Å². The predicted octanol–water partition coefficient (Wildman–Crippen LogP) is -3.57. The zero-order chi connectivity index (χ0) is 3.58. The summed E-state index contributed by atoms with van der Waals surface area (Å²) in [5.41, 5.74) is 0. The summed E-state index contributed by atoms with van der Waals surface area (Å²) in [4.78, 5) is 0. The van der Waals surface area contributed by atoms with Crippen LogP contribution in [0.5, 0.6) is 0 Å². The average molecular weight is 187 g/mol. The molecule has 0 heterocycles. The summed E-state index contributed by atoms with van der Waals surface area (Å²) in [5, 5.41) is 0. The van der Waals surface area contributed by atoms with Crippen LogP contribution in [0.15, 0.2) is 0 Å². The minimum atomic E-state index is -3.65. The van der Waals surface area contributed by atoms with Gasteiger partial charge in [0.1, 0.15) is 0 Å². The molecule has 0 fully saturated rings. The number of halogens is 1. The molecular weight excluding hydrogens is 187 g/mol. The fourth-order valence-corrected chi connectivity index (χ4v) is 0. The van der Waals surface area contributed by atoms with Gasteiger partial charge in [0.15, 0.2) is 0 Å². The van der Waals surface area contributed by atoms with Crippen molar-refractivity contribution in [2.24, 2.45) is 0 Å². The molecule has 0 aliphatic heterocycles. The van der Waals surface area contributed by atoms with Gasteiger partial charge in [0.05, 0.1) is 0 Å². The van der Waals surface area contributed by atoms with Crippen LogP contribution < -0.4 is 12.6 Å². The monoisotopic (exact) mass is 185 g/mol. The Hall–Kier alpha value is 0.854. The standard InChI is InChI=1S/BrO3.Ni/c2-1(3)4;/q-1;+2. The van der Waals surface area contributed by atoms with E-state index in [1.54, 1.807) is 0 Å². The summed E-state index contributed by atoms with van der Waals surface area (Å²) in [5.74, 6) is 0. The molecule has 0 aromatic rings. The molecule has 0 aliphatic carbocycles. The molecule has 0 bridgehead atoms. The minimum Gasteiger partial charge on any atom is -0.405 e. The fraction of sp³-hybridized carbons (Fsp3) is 0. The number of hydrogen-bond acceptors (Lipinski definition) is 3.